The predicted octanol–water partition coefficient (Wildman–Crippen LogP) is 2.81. The summed E-state index contributed by atoms with van der Waals surface area (Å²) in [4.78, 5) is 2.24. The van der Waals surface area contributed by atoms with Gasteiger partial charge in [0.15, 0.2) is 0 Å². The van der Waals surface area contributed by atoms with Crippen molar-refractivity contribution in [3.05, 3.63) is 0 Å². The summed E-state index contributed by atoms with van der Waals surface area (Å²) in [5, 5.41) is 3.60. The third kappa shape index (κ3) is 4.90. The second-order valence-electron chi connectivity index (χ2n) is 6.24. The molecule has 1 N–H and O–H groups in total. The van der Waals surface area contributed by atoms with Gasteiger partial charge in [0.05, 0.1) is 6.61 Å². The van der Waals surface area contributed by atoms with Crippen molar-refractivity contribution >= 4 is 0 Å². The molecule has 0 aromatic heterocycles. The van der Waals surface area contributed by atoms with Crippen LogP contribution in [0.15, 0.2) is 0 Å². The zero-order valence-electron chi connectivity index (χ0n) is 12.9. The molecule has 3 nitrogen and oxygen atoms in total. The van der Waals surface area contributed by atoms with Gasteiger partial charge in [0.1, 0.15) is 6.61 Å². The van der Waals surface area contributed by atoms with E-state index < -0.39 is 12.8 Å². The number of ether oxygens (including phenoxy) is 1. The van der Waals surface area contributed by atoms with E-state index in [4.69, 9.17) is 4.74 Å². The molecule has 0 amide bonds. The van der Waals surface area contributed by atoms with Gasteiger partial charge in [-0.25, -0.2) is 0 Å². The lowest BCUT2D eigenvalue weighted by Crippen LogP contribution is -2.68. The summed E-state index contributed by atoms with van der Waals surface area (Å²) >= 11 is 0. The Bertz CT molecular complexity index is 301. The van der Waals surface area contributed by atoms with Gasteiger partial charge in [-0.3, -0.25) is 4.90 Å². The first-order valence-electron chi connectivity index (χ1n) is 7.29. The summed E-state index contributed by atoms with van der Waals surface area (Å²) in [6, 6.07) is 0. The van der Waals surface area contributed by atoms with Gasteiger partial charge < -0.3 is 10.1 Å². The highest BCUT2D eigenvalue weighted by Gasteiger charge is 2.40. The molecule has 1 saturated heterocycles. The van der Waals surface area contributed by atoms with Gasteiger partial charge in [-0.15, -0.1) is 0 Å². The molecule has 0 aromatic rings. The maximum atomic E-state index is 12.1. The average Bonchev–Trinajstić information content (AvgIpc) is 2.35. The number of hydrogen-bond acceptors (Lipinski definition) is 3. The second-order valence-corrected chi connectivity index (χ2v) is 6.24. The summed E-state index contributed by atoms with van der Waals surface area (Å²) in [5.74, 6) is 0. The van der Waals surface area contributed by atoms with E-state index in [2.05, 4.69) is 37.9 Å². The van der Waals surface area contributed by atoms with E-state index in [1.54, 1.807) is 0 Å². The van der Waals surface area contributed by atoms with Crippen LogP contribution in [0.4, 0.5) is 13.2 Å². The summed E-state index contributed by atoms with van der Waals surface area (Å²) < 4.78 is 40.9. The first-order chi connectivity index (χ1) is 9.14. The zero-order chi connectivity index (χ0) is 15.4. The second kappa shape index (κ2) is 6.62. The molecule has 1 rings (SSSR count). The van der Waals surface area contributed by atoms with Crippen LogP contribution < -0.4 is 5.32 Å². The van der Waals surface area contributed by atoms with Crippen LogP contribution in [0, 0.1) is 0 Å². The molecule has 0 aliphatic carbocycles. The summed E-state index contributed by atoms with van der Waals surface area (Å²) in [6.07, 6.45) is -2.21. The van der Waals surface area contributed by atoms with Crippen molar-refractivity contribution in [3.8, 4) is 0 Å². The highest BCUT2D eigenvalue weighted by molar-refractivity contribution is 5.00. The molecule has 0 radical (unpaired) electrons. The number of nitrogens with zero attached hydrogens (tertiary/aromatic N) is 1. The number of alkyl halides is 3. The number of rotatable bonds is 6. The minimum atomic E-state index is -4.24. The molecule has 0 unspecified atom stereocenters. The summed E-state index contributed by atoms with van der Waals surface area (Å²) in [6.45, 7) is 9.69. The van der Waals surface area contributed by atoms with Crippen LogP contribution in [-0.4, -0.2) is 55.0 Å². The van der Waals surface area contributed by atoms with Gasteiger partial charge in [0, 0.05) is 30.7 Å². The third-order valence-corrected chi connectivity index (χ3v) is 4.37. The number of nitrogens with one attached hydrogen (secondary N) is 1. The van der Waals surface area contributed by atoms with E-state index in [0.717, 1.165) is 25.9 Å². The lowest BCUT2D eigenvalue weighted by Gasteiger charge is -2.52. The van der Waals surface area contributed by atoms with Crippen molar-refractivity contribution in [2.45, 2.75) is 57.8 Å². The number of halogens is 3. The summed E-state index contributed by atoms with van der Waals surface area (Å²) in [7, 11) is 0. The molecule has 1 heterocycles. The molecule has 0 atom stereocenters. The zero-order valence-corrected chi connectivity index (χ0v) is 12.9. The monoisotopic (exact) mass is 296 g/mol. The van der Waals surface area contributed by atoms with Crippen molar-refractivity contribution in [1.29, 1.82) is 0 Å². The van der Waals surface area contributed by atoms with E-state index in [1.807, 2.05) is 0 Å². The van der Waals surface area contributed by atoms with Gasteiger partial charge in [-0.1, -0.05) is 13.8 Å². The molecule has 20 heavy (non-hydrogen) atoms. The number of hydrogen-bond donors (Lipinski definition) is 1. The van der Waals surface area contributed by atoms with Gasteiger partial charge in [0.25, 0.3) is 0 Å². The van der Waals surface area contributed by atoms with Crippen LogP contribution in [0.3, 0.4) is 0 Å². The van der Waals surface area contributed by atoms with Gasteiger partial charge in [-0.05, 0) is 26.7 Å². The van der Waals surface area contributed by atoms with Gasteiger partial charge in [0.2, 0.25) is 0 Å². The molecule has 1 aliphatic heterocycles. The standard InChI is InChI=1S/C14H27F3N2O/c1-5-13(6-2)10-19(12(3,4)9-18-13)7-8-20-11-14(15,16)17/h18H,5-11H2,1-4H3. The molecular formula is C14H27F3N2O. The Balaban J connectivity index is 2.51. The van der Waals surface area contributed by atoms with Crippen molar-refractivity contribution in [2.24, 2.45) is 0 Å². The fourth-order valence-electron chi connectivity index (χ4n) is 2.62. The summed E-state index contributed by atoms with van der Waals surface area (Å²) in [5.41, 5.74) is 0.00891. The van der Waals surface area contributed by atoms with E-state index in [9.17, 15) is 13.2 Å². The van der Waals surface area contributed by atoms with Crippen molar-refractivity contribution in [2.75, 3.05) is 32.8 Å². The molecule has 6 heteroatoms. The quantitative estimate of drug-likeness (QED) is 0.763. The van der Waals surface area contributed by atoms with E-state index >= 15 is 0 Å². The van der Waals surface area contributed by atoms with E-state index in [0.29, 0.717) is 6.54 Å². The molecule has 120 valence electrons. The van der Waals surface area contributed by atoms with Crippen molar-refractivity contribution in [1.82, 2.24) is 10.2 Å². The number of piperazine rings is 1. The van der Waals surface area contributed by atoms with Gasteiger partial charge in [-0.2, -0.15) is 13.2 Å². The molecular weight excluding hydrogens is 269 g/mol. The minimum Gasteiger partial charge on any atom is -0.371 e. The first kappa shape index (κ1) is 17.7. The molecule has 1 aliphatic rings. The Hall–Kier alpha value is -0.330. The molecule has 0 bridgehead atoms. The Morgan fingerprint density at radius 2 is 1.80 bits per heavy atom. The fraction of sp³-hybridized carbons (Fsp3) is 1.00. The molecule has 0 spiro atoms. The predicted molar refractivity (Wildman–Crippen MR) is 73.8 cm³/mol. The SMILES string of the molecule is CCC1(CC)CN(CCOCC(F)(F)F)C(C)(C)CN1. The van der Waals surface area contributed by atoms with Crippen LogP contribution in [0.5, 0.6) is 0 Å². The Morgan fingerprint density at radius 3 is 2.30 bits per heavy atom. The third-order valence-electron chi connectivity index (χ3n) is 4.37. The fourth-order valence-corrected chi connectivity index (χ4v) is 2.62. The minimum absolute atomic E-state index is 0.0601. The Kier molecular flexibility index (Phi) is 5.87. The highest BCUT2D eigenvalue weighted by Crippen LogP contribution is 2.27. The van der Waals surface area contributed by atoms with E-state index in [-0.39, 0.29) is 17.7 Å². The lowest BCUT2D eigenvalue weighted by atomic mass is 9.85. The first-order valence-corrected chi connectivity index (χ1v) is 7.29. The molecule has 1 fully saturated rings. The molecule has 0 saturated carbocycles. The normalized spacial score (nSPS) is 22.9. The average molecular weight is 296 g/mol. The largest absolute Gasteiger partial charge is 0.411 e. The van der Waals surface area contributed by atoms with Crippen LogP contribution in [-0.2, 0) is 4.74 Å². The topological polar surface area (TPSA) is 24.5 Å². The van der Waals surface area contributed by atoms with E-state index in [1.165, 1.54) is 0 Å². The van der Waals surface area contributed by atoms with Crippen molar-refractivity contribution in [3.63, 3.8) is 0 Å². The van der Waals surface area contributed by atoms with Crippen LogP contribution in [0.25, 0.3) is 0 Å². The van der Waals surface area contributed by atoms with Crippen LogP contribution >= 0.6 is 0 Å². The van der Waals surface area contributed by atoms with Crippen LogP contribution in [0.1, 0.15) is 40.5 Å². The maximum absolute atomic E-state index is 12.1. The Morgan fingerprint density at radius 1 is 1.20 bits per heavy atom. The molecule has 0 aromatic carbocycles. The van der Waals surface area contributed by atoms with Gasteiger partial charge >= 0.3 is 6.18 Å². The van der Waals surface area contributed by atoms with Crippen LogP contribution in [0.2, 0.25) is 0 Å². The smallest absolute Gasteiger partial charge is 0.371 e. The Labute approximate surface area is 119 Å². The highest BCUT2D eigenvalue weighted by atomic mass is 19.4. The van der Waals surface area contributed by atoms with Crippen molar-refractivity contribution < 1.29 is 17.9 Å². The maximum Gasteiger partial charge on any atom is 0.411 e. The lowest BCUT2D eigenvalue weighted by molar-refractivity contribution is -0.175.